The Morgan fingerprint density at radius 3 is 2.93 bits per heavy atom. The molecule has 3 amide bonds. The molecule has 0 saturated carbocycles. The van der Waals surface area contributed by atoms with Crippen LogP contribution in [0.4, 0.5) is 4.79 Å². The summed E-state index contributed by atoms with van der Waals surface area (Å²) in [5.41, 5.74) is 5.21. The highest BCUT2D eigenvalue weighted by atomic mass is 16.2. The average Bonchev–Trinajstić information content (AvgIpc) is 2.17. The van der Waals surface area contributed by atoms with Crippen molar-refractivity contribution < 1.29 is 9.59 Å². The van der Waals surface area contributed by atoms with Crippen molar-refractivity contribution in [2.24, 2.45) is 5.73 Å². The molecule has 0 aromatic carbocycles. The van der Waals surface area contributed by atoms with Crippen molar-refractivity contribution in [3.8, 4) is 0 Å². The number of piperidine rings is 1. The van der Waals surface area contributed by atoms with Crippen LogP contribution in [0, 0.1) is 0 Å². The Morgan fingerprint density at radius 1 is 1.43 bits per heavy atom. The Bertz CT molecular complexity index is 267. The predicted octanol–water partition coefficient (Wildman–Crippen LogP) is -0.238. The fourth-order valence-electron chi connectivity index (χ4n) is 2.26. The number of rotatable bonds is 0. The first-order valence-corrected chi connectivity index (χ1v) is 5.02. The highest BCUT2D eigenvalue weighted by Crippen LogP contribution is 2.21. The number of primary amides is 1. The van der Waals surface area contributed by atoms with E-state index in [1.54, 1.807) is 4.90 Å². The third-order valence-corrected chi connectivity index (χ3v) is 3.04. The number of urea groups is 1. The van der Waals surface area contributed by atoms with Crippen molar-refractivity contribution in [1.29, 1.82) is 0 Å². The van der Waals surface area contributed by atoms with E-state index in [0.29, 0.717) is 26.1 Å². The fourth-order valence-corrected chi connectivity index (χ4v) is 2.26. The molecule has 78 valence electrons. The molecule has 5 nitrogen and oxygen atoms in total. The second-order valence-electron chi connectivity index (χ2n) is 3.92. The lowest BCUT2D eigenvalue weighted by atomic mass is 9.99. The summed E-state index contributed by atoms with van der Waals surface area (Å²) in [5.74, 6) is 0.227. The molecule has 0 aromatic rings. The first kappa shape index (κ1) is 9.30. The molecular formula is C9H15N3O2. The van der Waals surface area contributed by atoms with Gasteiger partial charge in [-0.3, -0.25) is 4.79 Å². The molecule has 0 spiro atoms. The van der Waals surface area contributed by atoms with Crippen LogP contribution >= 0.6 is 0 Å². The molecule has 14 heavy (non-hydrogen) atoms. The Hall–Kier alpha value is -1.26. The summed E-state index contributed by atoms with van der Waals surface area (Å²) in [6.45, 7) is 1.84. The van der Waals surface area contributed by atoms with Crippen molar-refractivity contribution in [3.63, 3.8) is 0 Å². The summed E-state index contributed by atoms with van der Waals surface area (Å²) in [4.78, 5) is 26.0. The quantitative estimate of drug-likeness (QED) is 0.582. The summed E-state index contributed by atoms with van der Waals surface area (Å²) in [6, 6.07) is -0.167. The van der Waals surface area contributed by atoms with Gasteiger partial charge in [-0.1, -0.05) is 0 Å². The monoisotopic (exact) mass is 197 g/mol. The molecule has 5 heteroatoms. The fraction of sp³-hybridized carbons (Fsp3) is 0.778. The number of nitrogens with two attached hydrogens (primary N) is 1. The molecule has 0 bridgehead atoms. The van der Waals surface area contributed by atoms with Crippen LogP contribution in [-0.2, 0) is 4.79 Å². The maximum Gasteiger partial charge on any atom is 0.314 e. The van der Waals surface area contributed by atoms with Gasteiger partial charge in [0.1, 0.15) is 0 Å². The minimum atomic E-state index is -0.373. The zero-order valence-electron chi connectivity index (χ0n) is 8.11. The molecule has 2 rings (SSSR count). The second-order valence-corrected chi connectivity index (χ2v) is 3.92. The van der Waals surface area contributed by atoms with Crippen LogP contribution in [-0.4, -0.2) is 47.4 Å². The van der Waals surface area contributed by atoms with Crippen molar-refractivity contribution in [2.45, 2.75) is 25.3 Å². The summed E-state index contributed by atoms with van der Waals surface area (Å²) < 4.78 is 0. The number of hydrogen-bond acceptors (Lipinski definition) is 2. The van der Waals surface area contributed by atoms with E-state index < -0.39 is 0 Å². The normalized spacial score (nSPS) is 27.4. The van der Waals surface area contributed by atoms with Gasteiger partial charge in [-0.05, 0) is 12.8 Å². The number of piperazine rings is 1. The van der Waals surface area contributed by atoms with Crippen molar-refractivity contribution in [1.82, 2.24) is 9.80 Å². The molecule has 1 atom stereocenters. The van der Waals surface area contributed by atoms with Crippen LogP contribution in [0.25, 0.3) is 0 Å². The first-order chi connectivity index (χ1) is 6.68. The number of nitrogens with zero attached hydrogens (tertiary/aromatic N) is 2. The molecule has 0 aromatic heterocycles. The molecular weight excluding hydrogens is 182 g/mol. The summed E-state index contributed by atoms with van der Waals surface area (Å²) >= 11 is 0. The highest BCUT2D eigenvalue weighted by Gasteiger charge is 2.33. The Kier molecular flexibility index (Phi) is 2.31. The average molecular weight is 197 g/mol. The molecule has 2 heterocycles. The van der Waals surface area contributed by atoms with Gasteiger partial charge in [-0.25, -0.2) is 4.79 Å². The lowest BCUT2D eigenvalue weighted by molar-refractivity contribution is -0.138. The topological polar surface area (TPSA) is 66.6 Å². The van der Waals surface area contributed by atoms with Gasteiger partial charge in [-0.15, -0.1) is 0 Å². The minimum absolute atomic E-state index is 0.206. The van der Waals surface area contributed by atoms with Crippen LogP contribution in [0.15, 0.2) is 0 Å². The van der Waals surface area contributed by atoms with Crippen LogP contribution < -0.4 is 5.73 Å². The summed E-state index contributed by atoms with van der Waals surface area (Å²) in [7, 11) is 0. The molecule has 2 fully saturated rings. The van der Waals surface area contributed by atoms with E-state index in [2.05, 4.69) is 0 Å². The Labute approximate surface area is 82.8 Å². The molecule has 1 unspecified atom stereocenters. The standard InChI is InChI=1S/C9H15N3O2/c10-9(14)11-4-5-12-7(6-11)2-1-3-8(12)13/h7H,1-6H2,(H2,10,14). The van der Waals surface area contributed by atoms with Crippen molar-refractivity contribution >= 4 is 11.9 Å². The second kappa shape index (κ2) is 3.48. The molecule has 2 N–H and O–H groups in total. The van der Waals surface area contributed by atoms with Gasteiger partial charge < -0.3 is 15.5 Å². The lowest BCUT2D eigenvalue weighted by Gasteiger charge is -2.43. The zero-order valence-corrected chi connectivity index (χ0v) is 8.11. The van der Waals surface area contributed by atoms with E-state index in [4.69, 9.17) is 5.73 Å². The van der Waals surface area contributed by atoms with Crippen LogP contribution in [0.1, 0.15) is 19.3 Å². The molecule has 0 aliphatic carbocycles. The maximum absolute atomic E-state index is 11.5. The SMILES string of the molecule is NC(=O)N1CCN2C(=O)CCCC2C1. The number of amides is 3. The number of fused-ring (bicyclic) bond motifs is 1. The van der Waals surface area contributed by atoms with Gasteiger partial charge in [-0.2, -0.15) is 0 Å². The van der Waals surface area contributed by atoms with Crippen molar-refractivity contribution in [3.05, 3.63) is 0 Å². The van der Waals surface area contributed by atoms with E-state index in [0.717, 1.165) is 12.8 Å². The largest absolute Gasteiger partial charge is 0.351 e. The van der Waals surface area contributed by atoms with Crippen LogP contribution in [0.5, 0.6) is 0 Å². The number of hydrogen-bond donors (Lipinski definition) is 1. The number of carbonyl (C=O) groups is 2. The van der Waals surface area contributed by atoms with E-state index in [1.807, 2.05) is 4.90 Å². The lowest BCUT2D eigenvalue weighted by Crippen LogP contribution is -2.58. The van der Waals surface area contributed by atoms with Crippen LogP contribution in [0.2, 0.25) is 0 Å². The minimum Gasteiger partial charge on any atom is -0.351 e. The maximum atomic E-state index is 11.5. The van der Waals surface area contributed by atoms with E-state index in [9.17, 15) is 9.59 Å². The van der Waals surface area contributed by atoms with E-state index in [-0.39, 0.29) is 18.0 Å². The van der Waals surface area contributed by atoms with Crippen LogP contribution in [0.3, 0.4) is 0 Å². The summed E-state index contributed by atoms with van der Waals surface area (Å²) in [6.07, 6.45) is 2.59. The predicted molar refractivity (Wildman–Crippen MR) is 50.5 cm³/mol. The molecule has 2 saturated heterocycles. The van der Waals surface area contributed by atoms with Gasteiger partial charge >= 0.3 is 6.03 Å². The van der Waals surface area contributed by atoms with Gasteiger partial charge in [0.15, 0.2) is 0 Å². The Balaban J connectivity index is 2.03. The zero-order chi connectivity index (χ0) is 10.1. The molecule has 2 aliphatic rings. The van der Waals surface area contributed by atoms with E-state index >= 15 is 0 Å². The smallest absolute Gasteiger partial charge is 0.314 e. The van der Waals surface area contributed by atoms with Gasteiger partial charge in [0.05, 0.1) is 0 Å². The first-order valence-electron chi connectivity index (χ1n) is 5.02. The molecule has 0 radical (unpaired) electrons. The third kappa shape index (κ3) is 1.54. The van der Waals surface area contributed by atoms with Crippen molar-refractivity contribution in [2.75, 3.05) is 19.6 Å². The highest BCUT2D eigenvalue weighted by molar-refractivity contribution is 5.78. The third-order valence-electron chi connectivity index (χ3n) is 3.04. The number of carbonyl (C=O) groups excluding carboxylic acids is 2. The van der Waals surface area contributed by atoms with Gasteiger partial charge in [0, 0.05) is 32.1 Å². The van der Waals surface area contributed by atoms with Gasteiger partial charge in [0.2, 0.25) is 5.91 Å². The molecule has 2 aliphatic heterocycles. The van der Waals surface area contributed by atoms with Gasteiger partial charge in [0.25, 0.3) is 0 Å². The Morgan fingerprint density at radius 2 is 2.21 bits per heavy atom. The summed E-state index contributed by atoms with van der Waals surface area (Å²) in [5, 5.41) is 0. The van der Waals surface area contributed by atoms with E-state index in [1.165, 1.54) is 0 Å².